The number of nitrogens with one attached hydrogen (secondary N) is 1. The topological polar surface area (TPSA) is 84.3 Å². The van der Waals surface area contributed by atoms with Crippen LogP contribution >= 0.6 is 11.6 Å². The molecule has 0 amide bonds. The minimum atomic E-state index is -0.318. The fraction of sp³-hybridized carbons (Fsp3) is 0.235. The van der Waals surface area contributed by atoms with E-state index in [4.69, 9.17) is 27.5 Å². The van der Waals surface area contributed by atoms with E-state index in [9.17, 15) is 4.79 Å². The number of nitrogens with zero attached hydrogens (tertiary/aromatic N) is 2. The second kappa shape index (κ2) is 11.4. The molecule has 1 aromatic heterocycles. The van der Waals surface area contributed by atoms with Crippen LogP contribution in [0, 0.1) is 11.3 Å². The molecule has 1 fully saturated rings. The molecular weight excluding hydrogens is 532 g/mol. The van der Waals surface area contributed by atoms with Crippen molar-refractivity contribution in [1.82, 2.24) is 9.47 Å². The van der Waals surface area contributed by atoms with Crippen LogP contribution in [0.1, 0.15) is 46.1 Å². The lowest BCUT2D eigenvalue weighted by Gasteiger charge is -2.37. The molecule has 6 nitrogen and oxygen atoms in total. The first-order chi connectivity index (χ1) is 19.9. The third-order valence-corrected chi connectivity index (χ3v) is 8.47. The molecule has 0 bridgehead atoms. The van der Waals surface area contributed by atoms with Gasteiger partial charge in [0.2, 0.25) is 0 Å². The van der Waals surface area contributed by atoms with Crippen LogP contribution in [-0.2, 0) is 11.3 Å². The Hall–Kier alpha value is -4.13. The summed E-state index contributed by atoms with van der Waals surface area (Å²) in [7, 11) is 2.17. The van der Waals surface area contributed by atoms with Crippen molar-refractivity contribution in [2.75, 3.05) is 20.2 Å². The molecule has 4 aromatic carbocycles. The molecule has 0 radical (unpaired) electrons. The van der Waals surface area contributed by atoms with Crippen molar-refractivity contribution in [3.63, 3.8) is 0 Å². The van der Waals surface area contributed by atoms with Gasteiger partial charge in [0, 0.05) is 34.1 Å². The molecule has 5 aromatic rings. The normalized spacial score (nSPS) is 17.6. The highest BCUT2D eigenvalue weighted by molar-refractivity contribution is 6.31. The average Bonchev–Trinajstić information content (AvgIpc) is 3.34. The number of para-hydroxylation sites is 1. The maximum atomic E-state index is 13.5. The number of carbonyl (C=O) groups is 1. The summed E-state index contributed by atoms with van der Waals surface area (Å²) in [6.45, 7) is 1.80. The summed E-state index contributed by atoms with van der Waals surface area (Å²) in [5.41, 5.74) is 10.1. The quantitative estimate of drug-likeness (QED) is 0.126. The van der Waals surface area contributed by atoms with E-state index in [1.54, 1.807) is 0 Å². The number of piperidine rings is 1. The Morgan fingerprint density at radius 3 is 2.63 bits per heavy atom. The van der Waals surface area contributed by atoms with Gasteiger partial charge in [-0.15, -0.1) is 0 Å². The lowest BCUT2D eigenvalue weighted by molar-refractivity contribution is 0.0317. The molecule has 0 spiro atoms. The summed E-state index contributed by atoms with van der Waals surface area (Å²) in [5.74, 6) is -0.0264. The largest absolute Gasteiger partial charge is 0.461 e. The van der Waals surface area contributed by atoms with Gasteiger partial charge in [-0.25, -0.2) is 4.79 Å². The first-order valence-corrected chi connectivity index (χ1v) is 14.3. The number of carbonyl (C=O) groups excluding carboxylic acids is 1. The number of nitrogens with two attached hydrogens (primary N) is 1. The predicted molar refractivity (Wildman–Crippen MR) is 166 cm³/mol. The van der Waals surface area contributed by atoms with Crippen LogP contribution in [0.3, 0.4) is 0 Å². The molecule has 1 saturated heterocycles. The van der Waals surface area contributed by atoms with Crippen molar-refractivity contribution in [1.29, 1.82) is 5.41 Å². The number of likely N-dealkylation sites (tertiary alicyclic amines) is 1. The van der Waals surface area contributed by atoms with E-state index in [1.165, 1.54) is 10.9 Å². The molecule has 2 unspecified atom stereocenters. The Labute approximate surface area is 244 Å². The van der Waals surface area contributed by atoms with E-state index in [2.05, 4.69) is 36.2 Å². The van der Waals surface area contributed by atoms with Crippen LogP contribution in [-0.4, -0.2) is 41.5 Å². The van der Waals surface area contributed by atoms with E-state index in [-0.39, 0.29) is 23.8 Å². The van der Waals surface area contributed by atoms with Crippen LogP contribution in [0.15, 0.2) is 91.0 Å². The summed E-state index contributed by atoms with van der Waals surface area (Å²) < 4.78 is 7.99. The Kier molecular flexibility index (Phi) is 7.52. The highest BCUT2D eigenvalue weighted by atomic mass is 35.5. The van der Waals surface area contributed by atoms with Crippen molar-refractivity contribution in [3.05, 3.63) is 118 Å². The number of amidine groups is 1. The van der Waals surface area contributed by atoms with E-state index in [0.29, 0.717) is 24.4 Å². The fourth-order valence-electron chi connectivity index (χ4n) is 5.98. The number of halogens is 1. The molecule has 41 heavy (non-hydrogen) atoms. The van der Waals surface area contributed by atoms with Gasteiger partial charge in [-0.2, -0.15) is 0 Å². The summed E-state index contributed by atoms with van der Waals surface area (Å²) in [4.78, 5) is 15.9. The van der Waals surface area contributed by atoms with Gasteiger partial charge in [-0.3, -0.25) is 10.3 Å². The zero-order valence-electron chi connectivity index (χ0n) is 23.0. The second-order valence-electron chi connectivity index (χ2n) is 11.0. The third-order valence-electron chi connectivity index (χ3n) is 8.24. The molecule has 6 rings (SSSR count). The number of aromatic nitrogens is 1. The molecule has 2 atom stereocenters. The SMILES string of the molecule is CN1CCC(COC(=O)c2cc3ccccc3n2Cc2cccc(C(=N)N)c2)CC1c1ccc2cc(Cl)ccc2c1. The Bertz CT molecular complexity index is 1760. The molecule has 0 aliphatic carbocycles. The van der Waals surface area contributed by atoms with Crippen molar-refractivity contribution >= 4 is 45.1 Å². The van der Waals surface area contributed by atoms with Crippen LogP contribution in [0.2, 0.25) is 5.02 Å². The van der Waals surface area contributed by atoms with Gasteiger partial charge in [-0.1, -0.05) is 66.2 Å². The van der Waals surface area contributed by atoms with Crippen LogP contribution in [0.25, 0.3) is 21.7 Å². The minimum absolute atomic E-state index is 0.0216. The molecule has 208 valence electrons. The fourth-order valence-corrected chi connectivity index (χ4v) is 6.16. The van der Waals surface area contributed by atoms with Crippen molar-refractivity contribution < 1.29 is 9.53 Å². The standard InChI is InChI=1S/C34H33ClN4O2/c1-38-14-13-23(16-31(38)27-10-9-25-18-29(35)12-11-24(25)17-27)21-41-34(40)32-19-26-6-2-3-8-30(26)39(32)20-22-5-4-7-28(15-22)33(36)37/h2-12,15,17-19,23,31H,13-14,16,20-21H2,1H3,(H3,36,37). The minimum Gasteiger partial charge on any atom is -0.461 e. The first-order valence-electron chi connectivity index (χ1n) is 13.9. The number of fused-ring (bicyclic) bond motifs is 2. The molecule has 0 saturated carbocycles. The lowest BCUT2D eigenvalue weighted by Crippen LogP contribution is -2.35. The second-order valence-corrected chi connectivity index (χ2v) is 11.5. The van der Waals surface area contributed by atoms with Crippen molar-refractivity contribution in [2.45, 2.75) is 25.4 Å². The van der Waals surface area contributed by atoms with Crippen LogP contribution in [0.4, 0.5) is 0 Å². The Morgan fingerprint density at radius 2 is 1.78 bits per heavy atom. The molecule has 7 heteroatoms. The van der Waals surface area contributed by atoms with Gasteiger partial charge in [0.1, 0.15) is 11.5 Å². The van der Waals surface area contributed by atoms with Gasteiger partial charge in [0.25, 0.3) is 0 Å². The maximum absolute atomic E-state index is 13.5. The maximum Gasteiger partial charge on any atom is 0.355 e. The third kappa shape index (κ3) is 5.71. The van der Waals surface area contributed by atoms with E-state index < -0.39 is 0 Å². The van der Waals surface area contributed by atoms with E-state index in [0.717, 1.165) is 46.3 Å². The molecule has 2 heterocycles. The van der Waals surface area contributed by atoms with Crippen LogP contribution < -0.4 is 5.73 Å². The number of hydrogen-bond acceptors (Lipinski definition) is 4. The smallest absolute Gasteiger partial charge is 0.355 e. The number of ether oxygens (including phenoxy) is 1. The zero-order chi connectivity index (χ0) is 28.5. The summed E-state index contributed by atoms with van der Waals surface area (Å²) >= 11 is 6.18. The molecule has 3 N–H and O–H groups in total. The van der Waals surface area contributed by atoms with Crippen LogP contribution in [0.5, 0.6) is 0 Å². The highest BCUT2D eigenvalue weighted by Crippen LogP contribution is 2.35. The predicted octanol–water partition coefficient (Wildman–Crippen LogP) is 7.02. The number of nitrogen functional groups attached to an aromatic ring is 1. The van der Waals surface area contributed by atoms with Gasteiger partial charge >= 0.3 is 5.97 Å². The van der Waals surface area contributed by atoms with Crippen molar-refractivity contribution in [2.24, 2.45) is 11.7 Å². The number of rotatable bonds is 7. The summed E-state index contributed by atoms with van der Waals surface area (Å²) in [6.07, 6.45) is 1.90. The van der Waals surface area contributed by atoms with Gasteiger partial charge in [-0.05, 0) is 90.6 Å². The zero-order valence-corrected chi connectivity index (χ0v) is 23.8. The Morgan fingerprint density at radius 1 is 0.976 bits per heavy atom. The average molecular weight is 565 g/mol. The van der Waals surface area contributed by atoms with E-state index >= 15 is 0 Å². The molecule has 1 aliphatic heterocycles. The Balaban J connectivity index is 1.19. The first kappa shape index (κ1) is 27.1. The highest BCUT2D eigenvalue weighted by Gasteiger charge is 2.29. The molecular formula is C34H33ClN4O2. The van der Waals surface area contributed by atoms with Gasteiger partial charge < -0.3 is 15.0 Å². The van der Waals surface area contributed by atoms with E-state index in [1.807, 2.05) is 71.3 Å². The van der Waals surface area contributed by atoms with Gasteiger partial charge in [0.15, 0.2) is 0 Å². The number of hydrogen-bond donors (Lipinski definition) is 2. The molecule has 1 aliphatic rings. The summed E-state index contributed by atoms with van der Waals surface area (Å²) in [6, 6.07) is 30.3. The summed E-state index contributed by atoms with van der Waals surface area (Å²) in [5, 5.41) is 11.8. The lowest BCUT2D eigenvalue weighted by atomic mass is 9.87. The van der Waals surface area contributed by atoms with Crippen molar-refractivity contribution in [3.8, 4) is 0 Å². The monoisotopic (exact) mass is 564 g/mol. The number of benzene rings is 4. The number of esters is 1. The van der Waals surface area contributed by atoms with Gasteiger partial charge in [0.05, 0.1) is 6.61 Å².